The van der Waals surface area contributed by atoms with Gasteiger partial charge in [0.05, 0.1) is 0 Å². The van der Waals surface area contributed by atoms with Crippen molar-refractivity contribution in [1.29, 1.82) is 0 Å². The molecular formula is C16H25N. The van der Waals surface area contributed by atoms with Crippen LogP contribution in [0.25, 0.3) is 0 Å². The molecule has 17 heavy (non-hydrogen) atoms. The van der Waals surface area contributed by atoms with Crippen LogP contribution in [0.2, 0.25) is 0 Å². The summed E-state index contributed by atoms with van der Waals surface area (Å²) in [6.45, 7) is 3.27. The van der Waals surface area contributed by atoms with Gasteiger partial charge < -0.3 is 5.32 Å². The lowest BCUT2D eigenvalue weighted by atomic mass is 9.50. The van der Waals surface area contributed by atoms with E-state index in [0.717, 1.165) is 42.6 Å². The molecule has 4 rings (SSSR count). The maximum atomic E-state index is 5.56. The van der Waals surface area contributed by atoms with E-state index in [9.17, 15) is 0 Å². The molecule has 0 saturated heterocycles. The van der Waals surface area contributed by atoms with Crippen molar-refractivity contribution in [3.8, 4) is 12.3 Å². The topological polar surface area (TPSA) is 12.0 Å². The van der Waals surface area contributed by atoms with Crippen LogP contribution in [-0.4, -0.2) is 12.6 Å². The number of nitrogens with one attached hydrogen (secondary N) is 1. The maximum absolute atomic E-state index is 5.56. The van der Waals surface area contributed by atoms with Crippen LogP contribution in [0.5, 0.6) is 0 Å². The minimum atomic E-state index is 0.597. The van der Waals surface area contributed by atoms with Gasteiger partial charge in [-0.15, -0.1) is 12.3 Å². The summed E-state index contributed by atoms with van der Waals surface area (Å²) >= 11 is 0. The zero-order valence-corrected chi connectivity index (χ0v) is 11.0. The zero-order chi connectivity index (χ0) is 11.8. The molecule has 0 spiro atoms. The third-order valence-electron chi connectivity index (χ3n) is 5.57. The molecule has 1 atom stereocenters. The summed E-state index contributed by atoms with van der Waals surface area (Å²) in [5, 5.41) is 3.67. The first-order valence-corrected chi connectivity index (χ1v) is 7.48. The Morgan fingerprint density at radius 1 is 1.12 bits per heavy atom. The molecule has 1 N–H and O–H groups in total. The fourth-order valence-corrected chi connectivity index (χ4v) is 5.36. The first kappa shape index (κ1) is 11.6. The van der Waals surface area contributed by atoms with Gasteiger partial charge in [0.2, 0.25) is 0 Å². The van der Waals surface area contributed by atoms with Crippen LogP contribution in [0.15, 0.2) is 0 Å². The second kappa shape index (κ2) is 4.65. The molecule has 4 aliphatic carbocycles. The Morgan fingerprint density at radius 2 is 1.71 bits per heavy atom. The fraction of sp³-hybridized carbons (Fsp3) is 0.875. The van der Waals surface area contributed by atoms with Crippen LogP contribution in [0.4, 0.5) is 0 Å². The van der Waals surface area contributed by atoms with Gasteiger partial charge in [0.1, 0.15) is 0 Å². The molecule has 0 heterocycles. The van der Waals surface area contributed by atoms with E-state index in [-0.39, 0.29) is 0 Å². The second-order valence-electron chi connectivity index (χ2n) is 6.58. The Balaban J connectivity index is 1.75. The predicted octanol–water partition coefficient (Wildman–Crippen LogP) is 3.06. The normalized spacial score (nSPS) is 44.6. The lowest BCUT2D eigenvalue weighted by Crippen LogP contribution is -2.52. The predicted molar refractivity (Wildman–Crippen MR) is 71.4 cm³/mol. The number of hydrogen-bond donors (Lipinski definition) is 1. The number of hydrogen-bond acceptors (Lipinski definition) is 1. The summed E-state index contributed by atoms with van der Waals surface area (Å²) in [5.41, 5.74) is 0. The maximum Gasteiger partial charge on any atom is 0.0243 e. The molecule has 0 aromatic carbocycles. The molecular weight excluding hydrogens is 206 g/mol. The molecule has 0 aromatic heterocycles. The molecule has 1 nitrogen and oxygen atoms in total. The molecule has 0 amide bonds. The molecule has 0 aliphatic heterocycles. The van der Waals surface area contributed by atoms with Gasteiger partial charge >= 0.3 is 0 Å². The van der Waals surface area contributed by atoms with Crippen LogP contribution in [0.1, 0.15) is 45.4 Å². The minimum Gasteiger partial charge on any atom is -0.313 e. The van der Waals surface area contributed by atoms with Gasteiger partial charge in [-0.2, -0.15) is 0 Å². The summed E-state index contributed by atoms with van der Waals surface area (Å²) in [5.74, 6) is 7.91. The van der Waals surface area contributed by atoms with Gasteiger partial charge in [0.25, 0.3) is 0 Å². The quantitative estimate of drug-likeness (QED) is 0.733. The van der Waals surface area contributed by atoms with Gasteiger partial charge in [0, 0.05) is 12.5 Å². The van der Waals surface area contributed by atoms with Crippen molar-refractivity contribution in [2.24, 2.45) is 29.6 Å². The average molecular weight is 231 g/mol. The van der Waals surface area contributed by atoms with Gasteiger partial charge in [0.15, 0.2) is 0 Å². The second-order valence-corrected chi connectivity index (χ2v) is 6.58. The summed E-state index contributed by atoms with van der Waals surface area (Å²) < 4.78 is 0. The summed E-state index contributed by atoms with van der Waals surface area (Å²) in [7, 11) is 0. The Hall–Kier alpha value is -0.480. The van der Waals surface area contributed by atoms with Crippen molar-refractivity contribution in [2.75, 3.05) is 6.54 Å². The molecule has 4 aliphatic rings. The van der Waals surface area contributed by atoms with Crippen molar-refractivity contribution in [1.82, 2.24) is 5.32 Å². The smallest absolute Gasteiger partial charge is 0.0243 e. The molecule has 0 aromatic rings. The summed E-state index contributed by atoms with van der Waals surface area (Å²) in [6.07, 6.45) is 14.1. The summed E-state index contributed by atoms with van der Waals surface area (Å²) in [6, 6.07) is 0.597. The Morgan fingerprint density at radius 3 is 2.18 bits per heavy atom. The number of rotatable bonds is 4. The Bertz CT molecular complexity index is 286. The van der Waals surface area contributed by atoms with E-state index >= 15 is 0 Å². The first-order valence-electron chi connectivity index (χ1n) is 7.48. The highest BCUT2D eigenvalue weighted by atomic mass is 14.9. The highest BCUT2D eigenvalue weighted by Gasteiger charge is 2.50. The Kier molecular flexibility index (Phi) is 3.17. The molecule has 0 radical (unpaired) electrons. The van der Waals surface area contributed by atoms with Crippen LogP contribution in [0, 0.1) is 41.9 Å². The van der Waals surface area contributed by atoms with Gasteiger partial charge in [-0.05, 0) is 68.2 Å². The van der Waals surface area contributed by atoms with Gasteiger partial charge in [-0.25, -0.2) is 0 Å². The lowest BCUT2D eigenvalue weighted by Gasteiger charge is -2.56. The average Bonchev–Trinajstić information content (AvgIpc) is 2.28. The lowest BCUT2D eigenvalue weighted by molar-refractivity contribution is -0.0508. The van der Waals surface area contributed by atoms with E-state index in [1.165, 1.54) is 25.7 Å². The fourth-order valence-electron chi connectivity index (χ4n) is 5.36. The molecule has 94 valence electrons. The van der Waals surface area contributed by atoms with Crippen molar-refractivity contribution in [2.45, 2.75) is 51.5 Å². The van der Waals surface area contributed by atoms with Gasteiger partial charge in [-0.1, -0.05) is 6.92 Å². The summed E-state index contributed by atoms with van der Waals surface area (Å²) in [4.78, 5) is 0. The highest BCUT2D eigenvalue weighted by Crippen LogP contribution is 2.57. The molecule has 4 bridgehead atoms. The van der Waals surface area contributed by atoms with Crippen LogP contribution in [-0.2, 0) is 0 Å². The van der Waals surface area contributed by atoms with E-state index < -0.39 is 0 Å². The largest absolute Gasteiger partial charge is 0.313 e. The van der Waals surface area contributed by atoms with Crippen LogP contribution < -0.4 is 5.32 Å². The van der Waals surface area contributed by atoms with E-state index in [1.54, 1.807) is 6.42 Å². The van der Waals surface area contributed by atoms with E-state index in [2.05, 4.69) is 18.2 Å². The third-order valence-corrected chi connectivity index (χ3v) is 5.57. The highest BCUT2D eigenvalue weighted by molar-refractivity contribution is 5.04. The first-order chi connectivity index (χ1) is 8.31. The van der Waals surface area contributed by atoms with Crippen molar-refractivity contribution in [3.63, 3.8) is 0 Å². The Labute approximate surface area is 106 Å². The van der Waals surface area contributed by atoms with Crippen molar-refractivity contribution >= 4 is 0 Å². The van der Waals surface area contributed by atoms with Crippen molar-refractivity contribution in [3.05, 3.63) is 0 Å². The van der Waals surface area contributed by atoms with Crippen LogP contribution >= 0.6 is 0 Å². The third kappa shape index (κ3) is 2.02. The van der Waals surface area contributed by atoms with Crippen molar-refractivity contribution < 1.29 is 0 Å². The molecule has 4 fully saturated rings. The monoisotopic (exact) mass is 231 g/mol. The van der Waals surface area contributed by atoms with E-state index in [0.29, 0.717) is 6.04 Å². The zero-order valence-electron chi connectivity index (χ0n) is 11.0. The molecule has 1 heteroatoms. The minimum absolute atomic E-state index is 0.597. The van der Waals surface area contributed by atoms with Gasteiger partial charge in [-0.3, -0.25) is 0 Å². The van der Waals surface area contributed by atoms with E-state index in [1.807, 2.05) is 0 Å². The molecule has 1 unspecified atom stereocenters. The molecule has 4 saturated carbocycles. The SMILES string of the molecule is C#CCC(NCC)C1C2CC3CC(C2)CC1C3. The standard InChI is InChI=1S/C16H25N/c1-3-5-15(17-4-2)16-13-7-11-6-12(9-13)10-14(16)8-11/h1,11-17H,4-10H2,2H3. The van der Waals surface area contributed by atoms with Crippen LogP contribution in [0.3, 0.4) is 0 Å². The number of terminal acetylenes is 1. The van der Waals surface area contributed by atoms with E-state index in [4.69, 9.17) is 6.42 Å².